The Hall–Kier alpha value is -2.71. The van der Waals surface area contributed by atoms with Crippen LogP contribution in [0.3, 0.4) is 0 Å². The molecule has 0 aliphatic carbocycles. The van der Waals surface area contributed by atoms with Crippen molar-refractivity contribution in [2.75, 3.05) is 18.4 Å². The van der Waals surface area contributed by atoms with Gasteiger partial charge in [-0.1, -0.05) is 30.7 Å². The minimum absolute atomic E-state index is 0.180. The van der Waals surface area contributed by atoms with Gasteiger partial charge in [-0.3, -0.25) is 9.59 Å². The third-order valence-corrected chi connectivity index (χ3v) is 7.12. The van der Waals surface area contributed by atoms with Crippen molar-refractivity contribution in [2.45, 2.75) is 44.0 Å². The maximum Gasteiger partial charge on any atom is 0.251 e. The van der Waals surface area contributed by atoms with Crippen LogP contribution in [0.25, 0.3) is 0 Å². The van der Waals surface area contributed by atoms with Crippen LogP contribution in [-0.2, 0) is 14.8 Å². The Bertz CT molecular complexity index is 1020. The van der Waals surface area contributed by atoms with Gasteiger partial charge in [-0.05, 0) is 56.5 Å². The maximum absolute atomic E-state index is 13.1. The first kappa shape index (κ1) is 22.0. The van der Waals surface area contributed by atoms with Crippen LogP contribution < -0.4 is 10.6 Å². The van der Waals surface area contributed by atoms with Gasteiger partial charge < -0.3 is 10.6 Å². The molecule has 1 fully saturated rings. The van der Waals surface area contributed by atoms with E-state index in [1.807, 2.05) is 13.8 Å². The molecule has 1 unspecified atom stereocenters. The zero-order chi connectivity index (χ0) is 21.7. The summed E-state index contributed by atoms with van der Waals surface area (Å²) in [5.41, 5.74) is 1.74. The van der Waals surface area contributed by atoms with Crippen molar-refractivity contribution in [3.8, 4) is 0 Å². The number of anilines is 1. The number of piperidine rings is 1. The highest BCUT2D eigenvalue weighted by molar-refractivity contribution is 7.89. The number of hydrogen-bond donors (Lipinski definition) is 2. The second kappa shape index (κ2) is 9.40. The van der Waals surface area contributed by atoms with Crippen LogP contribution in [-0.4, -0.2) is 43.7 Å². The van der Waals surface area contributed by atoms with Gasteiger partial charge in [-0.15, -0.1) is 0 Å². The molecule has 3 rings (SSSR count). The number of hydrogen-bond acceptors (Lipinski definition) is 4. The summed E-state index contributed by atoms with van der Waals surface area (Å²) in [5.74, 6) is -0.607. The molecule has 7 nitrogen and oxygen atoms in total. The van der Waals surface area contributed by atoms with E-state index in [1.165, 1.54) is 4.31 Å². The van der Waals surface area contributed by atoms with Crippen LogP contribution in [0.1, 0.15) is 42.1 Å². The van der Waals surface area contributed by atoms with Crippen molar-refractivity contribution in [3.05, 3.63) is 59.7 Å². The molecular weight excluding hydrogens is 402 g/mol. The monoisotopic (exact) mass is 429 g/mol. The van der Waals surface area contributed by atoms with Crippen LogP contribution in [0.15, 0.2) is 53.4 Å². The second-order valence-electron chi connectivity index (χ2n) is 7.32. The van der Waals surface area contributed by atoms with E-state index < -0.39 is 16.1 Å². The molecule has 0 saturated carbocycles. The Labute approximate surface area is 177 Å². The number of nitrogens with one attached hydrogen (secondary N) is 2. The molecule has 8 heteroatoms. The molecule has 2 aromatic rings. The Morgan fingerprint density at radius 1 is 1.10 bits per heavy atom. The molecule has 0 aromatic heterocycles. The van der Waals surface area contributed by atoms with Gasteiger partial charge in [-0.2, -0.15) is 4.31 Å². The number of aryl methyl sites for hydroxylation is 1. The summed E-state index contributed by atoms with van der Waals surface area (Å²) in [7, 11) is -3.78. The summed E-state index contributed by atoms with van der Waals surface area (Å²) >= 11 is 0. The van der Waals surface area contributed by atoms with E-state index in [0.717, 1.165) is 12.0 Å². The lowest BCUT2D eigenvalue weighted by Gasteiger charge is -2.33. The summed E-state index contributed by atoms with van der Waals surface area (Å²) < 4.78 is 27.6. The van der Waals surface area contributed by atoms with Crippen LogP contribution in [0.5, 0.6) is 0 Å². The Morgan fingerprint density at radius 2 is 1.83 bits per heavy atom. The summed E-state index contributed by atoms with van der Waals surface area (Å²) in [6.07, 6.45) is 1.94. The summed E-state index contributed by atoms with van der Waals surface area (Å²) in [6, 6.07) is 12.5. The van der Waals surface area contributed by atoms with Crippen LogP contribution in [0.2, 0.25) is 0 Å². The predicted octanol–water partition coefficient (Wildman–Crippen LogP) is 2.93. The first-order valence-corrected chi connectivity index (χ1v) is 11.5. The zero-order valence-corrected chi connectivity index (χ0v) is 18.0. The first-order valence-electron chi connectivity index (χ1n) is 10.1. The van der Waals surface area contributed by atoms with Gasteiger partial charge in [0.05, 0.1) is 4.90 Å². The molecule has 2 amide bonds. The molecule has 1 saturated heterocycles. The molecule has 1 aliphatic rings. The SMILES string of the molecule is CCNC(=O)c1ccc(C)c(NC(=O)C2CCCCN2S(=O)(=O)c2ccccc2)c1. The minimum Gasteiger partial charge on any atom is -0.352 e. The van der Waals surface area contributed by atoms with Crippen molar-refractivity contribution in [1.82, 2.24) is 9.62 Å². The van der Waals surface area contributed by atoms with E-state index in [4.69, 9.17) is 0 Å². The highest BCUT2D eigenvalue weighted by atomic mass is 32.2. The fourth-order valence-corrected chi connectivity index (χ4v) is 5.24. The number of sulfonamides is 1. The van der Waals surface area contributed by atoms with Crippen molar-refractivity contribution in [2.24, 2.45) is 0 Å². The van der Waals surface area contributed by atoms with Gasteiger partial charge in [0.15, 0.2) is 0 Å². The first-order chi connectivity index (χ1) is 14.3. The van der Waals surface area contributed by atoms with E-state index in [-0.39, 0.29) is 16.7 Å². The lowest BCUT2D eigenvalue weighted by atomic mass is 10.0. The number of benzene rings is 2. The summed E-state index contributed by atoms with van der Waals surface area (Å²) in [5, 5.41) is 5.58. The largest absolute Gasteiger partial charge is 0.352 e. The fraction of sp³-hybridized carbons (Fsp3) is 0.364. The lowest BCUT2D eigenvalue weighted by Crippen LogP contribution is -2.49. The molecule has 160 valence electrons. The van der Waals surface area contributed by atoms with Crippen LogP contribution in [0, 0.1) is 6.92 Å². The van der Waals surface area contributed by atoms with Gasteiger partial charge >= 0.3 is 0 Å². The highest BCUT2D eigenvalue weighted by Gasteiger charge is 2.37. The third kappa shape index (κ3) is 4.71. The van der Waals surface area contributed by atoms with Gasteiger partial charge in [0, 0.05) is 24.3 Å². The average Bonchev–Trinajstić information content (AvgIpc) is 2.76. The topological polar surface area (TPSA) is 95.6 Å². The molecular formula is C22H27N3O4S. The number of rotatable bonds is 6. The van der Waals surface area contributed by atoms with Crippen molar-refractivity contribution in [3.63, 3.8) is 0 Å². The van der Waals surface area contributed by atoms with Crippen molar-refractivity contribution >= 4 is 27.5 Å². The third-order valence-electron chi connectivity index (χ3n) is 5.20. The lowest BCUT2D eigenvalue weighted by molar-refractivity contribution is -0.120. The van der Waals surface area contributed by atoms with E-state index in [9.17, 15) is 18.0 Å². The van der Waals surface area contributed by atoms with E-state index in [1.54, 1.807) is 48.5 Å². The molecule has 0 radical (unpaired) electrons. The van der Waals surface area contributed by atoms with E-state index >= 15 is 0 Å². The fourth-order valence-electron chi connectivity index (χ4n) is 3.56. The maximum atomic E-state index is 13.1. The standard InChI is InChI=1S/C22H27N3O4S/c1-3-23-21(26)17-13-12-16(2)19(15-17)24-22(27)20-11-7-8-14-25(20)30(28,29)18-9-5-4-6-10-18/h4-6,9-10,12-13,15,20H,3,7-8,11,14H2,1-2H3,(H,23,26)(H,24,27). The molecule has 1 atom stereocenters. The van der Waals surface area contributed by atoms with Crippen molar-refractivity contribution < 1.29 is 18.0 Å². The van der Waals surface area contributed by atoms with Gasteiger partial charge in [0.2, 0.25) is 15.9 Å². The second-order valence-corrected chi connectivity index (χ2v) is 9.21. The van der Waals surface area contributed by atoms with Gasteiger partial charge in [0.25, 0.3) is 5.91 Å². The zero-order valence-electron chi connectivity index (χ0n) is 17.2. The quantitative estimate of drug-likeness (QED) is 0.738. The predicted molar refractivity (Wildman–Crippen MR) is 116 cm³/mol. The smallest absolute Gasteiger partial charge is 0.251 e. The van der Waals surface area contributed by atoms with Gasteiger partial charge in [-0.25, -0.2) is 8.42 Å². The molecule has 0 bridgehead atoms. The molecule has 1 heterocycles. The van der Waals surface area contributed by atoms with E-state index in [0.29, 0.717) is 37.2 Å². The van der Waals surface area contributed by atoms with E-state index in [2.05, 4.69) is 10.6 Å². The number of nitrogens with zero attached hydrogens (tertiary/aromatic N) is 1. The van der Waals surface area contributed by atoms with Gasteiger partial charge in [0.1, 0.15) is 6.04 Å². The molecule has 2 N–H and O–H groups in total. The normalized spacial score (nSPS) is 17.3. The van der Waals surface area contributed by atoms with Crippen molar-refractivity contribution in [1.29, 1.82) is 0 Å². The number of carbonyl (C=O) groups is 2. The molecule has 0 spiro atoms. The van der Waals surface area contributed by atoms with Crippen LogP contribution >= 0.6 is 0 Å². The summed E-state index contributed by atoms with van der Waals surface area (Å²) in [6.45, 7) is 4.46. The number of amides is 2. The Kier molecular flexibility index (Phi) is 6.89. The molecule has 1 aliphatic heterocycles. The highest BCUT2D eigenvalue weighted by Crippen LogP contribution is 2.27. The minimum atomic E-state index is -3.78. The molecule has 2 aromatic carbocycles. The molecule has 30 heavy (non-hydrogen) atoms. The summed E-state index contributed by atoms with van der Waals surface area (Å²) in [4.78, 5) is 25.4. The Morgan fingerprint density at radius 3 is 2.53 bits per heavy atom. The average molecular weight is 430 g/mol. The number of carbonyl (C=O) groups excluding carboxylic acids is 2. The Balaban J connectivity index is 1.85. The van der Waals surface area contributed by atoms with Crippen LogP contribution in [0.4, 0.5) is 5.69 Å².